The first kappa shape index (κ1) is 21.7. The first-order valence-electron chi connectivity index (χ1n) is 11.1. The molecular formula is C22H37N5O2. The topological polar surface area (TPSA) is 64.3 Å². The van der Waals surface area contributed by atoms with Crippen molar-refractivity contribution in [1.29, 1.82) is 0 Å². The number of piperazine rings is 1. The third kappa shape index (κ3) is 5.75. The largest absolute Gasteiger partial charge is 0.459 e. The standard InChI is InChI=1S/C22H37N5O2/c1-4-23-22(24-17-19(25(2)3)18-9-6-5-7-10-18)27-14-12-26(13-15-27)21(28)20-11-8-16-29-20/h8,11,16,18-19H,4-7,9-10,12-15,17H2,1-3H3,(H,23,24). The molecule has 0 aromatic carbocycles. The molecule has 1 aromatic heterocycles. The van der Waals surface area contributed by atoms with Crippen molar-refractivity contribution >= 4 is 11.9 Å². The summed E-state index contributed by atoms with van der Waals surface area (Å²) in [6.45, 7) is 6.72. The quantitative estimate of drug-likeness (QED) is 0.584. The molecule has 162 valence electrons. The van der Waals surface area contributed by atoms with E-state index < -0.39 is 0 Å². The van der Waals surface area contributed by atoms with E-state index in [1.807, 2.05) is 4.90 Å². The molecule has 1 saturated carbocycles. The molecule has 2 aliphatic rings. The minimum atomic E-state index is -0.0263. The highest BCUT2D eigenvalue weighted by Gasteiger charge is 2.27. The maximum Gasteiger partial charge on any atom is 0.289 e. The van der Waals surface area contributed by atoms with Crippen LogP contribution in [0, 0.1) is 5.92 Å². The zero-order valence-electron chi connectivity index (χ0n) is 18.3. The summed E-state index contributed by atoms with van der Waals surface area (Å²) >= 11 is 0. The van der Waals surface area contributed by atoms with E-state index in [-0.39, 0.29) is 5.91 Å². The molecule has 7 nitrogen and oxygen atoms in total. The van der Waals surface area contributed by atoms with E-state index in [2.05, 4.69) is 36.1 Å². The highest BCUT2D eigenvalue weighted by molar-refractivity contribution is 5.91. The minimum Gasteiger partial charge on any atom is -0.459 e. The van der Waals surface area contributed by atoms with Gasteiger partial charge in [-0.2, -0.15) is 0 Å². The molecule has 1 N–H and O–H groups in total. The first-order valence-corrected chi connectivity index (χ1v) is 11.1. The van der Waals surface area contributed by atoms with Crippen molar-refractivity contribution in [2.45, 2.75) is 45.1 Å². The summed E-state index contributed by atoms with van der Waals surface area (Å²) in [6, 6.07) is 3.98. The molecule has 1 saturated heterocycles. The average Bonchev–Trinajstić information content (AvgIpc) is 3.28. The normalized spacial score (nSPS) is 20.2. The predicted molar refractivity (Wildman–Crippen MR) is 116 cm³/mol. The number of nitrogens with zero attached hydrogens (tertiary/aromatic N) is 4. The molecule has 1 amide bonds. The van der Waals surface area contributed by atoms with Crippen molar-refractivity contribution in [3.05, 3.63) is 24.2 Å². The fraction of sp³-hybridized carbons (Fsp3) is 0.727. The second-order valence-corrected chi connectivity index (χ2v) is 8.38. The molecule has 1 unspecified atom stereocenters. The number of likely N-dealkylation sites (N-methyl/N-ethyl adjacent to an activating group) is 1. The molecule has 0 spiro atoms. The Morgan fingerprint density at radius 3 is 2.48 bits per heavy atom. The minimum absolute atomic E-state index is 0.0263. The summed E-state index contributed by atoms with van der Waals surface area (Å²) in [7, 11) is 4.36. The van der Waals surface area contributed by atoms with Gasteiger partial charge in [-0.15, -0.1) is 0 Å². The van der Waals surface area contributed by atoms with Crippen molar-refractivity contribution in [3.63, 3.8) is 0 Å². The van der Waals surface area contributed by atoms with Gasteiger partial charge < -0.3 is 24.4 Å². The fourth-order valence-corrected chi connectivity index (χ4v) is 4.54. The number of carbonyl (C=O) groups is 1. The van der Waals surface area contributed by atoms with Crippen LogP contribution < -0.4 is 5.32 Å². The third-order valence-corrected chi connectivity index (χ3v) is 6.22. The lowest BCUT2D eigenvalue weighted by molar-refractivity contribution is 0.0657. The summed E-state index contributed by atoms with van der Waals surface area (Å²) in [5, 5.41) is 3.46. The van der Waals surface area contributed by atoms with Crippen LogP contribution in [0.4, 0.5) is 0 Å². The van der Waals surface area contributed by atoms with Gasteiger partial charge in [-0.3, -0.25) is 9.79 Å². The van der Waals surface area contributed by atoms with E-state index in [0.29, 0.717) is 24.9 Å². The number of guanidine groups is 1. The predicted octanol–water partition coefficient (Wildman–Crippen LogP) is 2.51. The summed E-state index contributed by atoms with van der Waals surface area (Å²) in [5.74, 6) is 2.11. The lowest BCUT2D eigenvalue weighted by atomic mass is 9.83. The van der Waals surface area contributed by atoms with Crippen LogP contribution in [0.25, 0.3) is 0 Å². The van der Waals surface area contributed by atoms with E-state index in [0.717, 1.165) is 38.1 Å². The molecule has 7 heteroatoms. The summed E-state index contributed by atoms with van der Waals surface area (Å²) < 4.78 is 5.26. The zero-order valence-corrected chi connectivity index (χ0v) is 18.3. The van der Waals surface area contributed by atoms with E-state index in [4.69, 9.17) is 9.41 Å². The van der Waals surface area contributed by atoms with Gasteiger partial charge in [0.25, 0.3) is 5.91 Å². The van der Waals surface area contributed by atoms with Crippen LogP contribution in [-0.2, 0) is 0 Å². The molecule has 2 fully saturated rings. The molecule has 1 aliphatic heterocycles. The Bertz CT molecular complexity index is 644. The Morgan fingerprint density at radius 1 is 1.21 bits per heavy atom. The van der Waals surface area contributed by atoms with E-state index in [1.54, 1.807) is 18.4 Å². The van der Waals surface area contributed by atoms with Crippen LogP contribution in [0.1, 0.15) is 49.6 Å². The Balaban J connectivity index is 1.59. The van der Waals surface area contributed by atoms with E-state index in [9.17, 15) is 4.79 Å². The number of hydrogen-bond donors (Lipinski definition) is 1. The summed E-state index contributed by atoms with van der Waals surface area (Å²) in [6.07, 6.45) is 8.27. The van der Waals surface area contributed by atoms with Gasteiger partial charge in [0, 0.05) is 38.8 Å². The lowest BCUT2D eigenvalue weighted by Gasteiger charge is -2.37. The van der Waals surface area contributed by atoms with Gasteiger partial charge >= 0.3 is 0 Å². The fourth-order valence-electron chi connectivity index (χ4n) is 4.54. The maximum atomic E-state index is 12.5. The highest BCUT2D eigenvalue weighted by Crippen LogP contribution is 2.28. The Hall–Kier alpha value is -2.02. The van der Waals surface area contributed by atoms with E-state index >= 15 is 0 Å². The third-order valence-electron chi connectivity index (χ3n) is 6.22. The molecule has 1 atom stereocenters. The van der Waals surface area contributed by atoms with Crippen LogP contribution in [0.2, 0.25) is 0 Å². The summed E-state index contributed by atoms with van der Waals surface area (Å²) in [5.41, 5.74) is 0. The SMILES string of the molecule is CCNC(=NCC(C1CCCCC1)N(C)C)N1CCN(C(=O)c2ccco2)CC1. The van der Waals surface area contributed by atoms with Crippen molar-refractivity contribution in [2.24, 2.45) is 10.9 Å². The van der Waals surface area contributed by atoms with Gasteiger partial charge in [0.1, 0.15) is 0 Å². The van der Waals surface area contributed by atoms with Crippen molar-refractivity contribution in [2.75, 3.05) is 53.4 Å². The van der Waals surface area contributed by atoms with Gasteiger partial charge in [0.05, 0.1) is 12.8 Å². The highest BCUT2D eigenvalue weighted by atomic mass is 16.3. The smallest absolute Gasteiger partial charge is 0.289 e. The number of aliphatic imine (C=N–C) groups is 1. The zero-order chi connectivity index (χ0) is 20.6. The van der Waals surface area contributed by atoms with E-state index in [1.165, 1.54) is 32.1 Å². The monoisotopic (exact) mass is 403 g/mol. The van der Waals surface area contributed by atoms with Gasteiger partial charge in [0.2, 0.25) is 0 Å². The van der Waals surface area contributed by atoms with Gasteiger partial charge in [0.15, 0.2) is 11.7 Å². The number of amides is 1. The molecule has 2 heterocycles. The van der Waals surface area contributed by atoms with Crippen molar-refractivity contribution < 1.29 is 9.21 Å². The molecule has 0 radical (unpaired) electrons. The van der Waals surface area contributed by atoms with Crippen LogP contribution in [-0.4, -0.2) is 86.0 Å². The number of furan rings is 1. The van der Waals surface area contributed by atoms with Crippen molar-refractivity contribution in [1.82, 2.24) is 20.0 Å². The molecule has 3 rings (SSSR count). The summed E-state index contributed by atoms with van der Waals surface area (Å²) in [4.78, 5) is 24.0. The Kier molecular flexibility index (Phi) is 7.98. The van der Waals surface area contributed by atoms with Gasteiger partial charge in [-0.25, -0.2) is 0 Å². The molecule has 29 heavy (non-hydrogen) atoms. The van der Waals surface area contributed by atoms with Crippen LogP contribution in [0.3, 0.4) is 0 Å². The molecule has 0 bridgehead atoms. The van der Waals surface area contributed by atoms with Gasteiger partial charge in [-0.1, -0.05) is 19.3 Å². The lowest BCUT2D eigenvalue weighted by Crippen LogP contribution is -2.54. The Labute approximate surface area is 175 Å². The molecule has 1 aromatic rings. The van der Waals surface area contributed by atoms with Crippen LogP contribution >= 0.6 is 0 Å². The molecule has 1 aliphatic carbocycles. The first-order chi connectivity index (χ1) is 14.1. The number of nitrogens with one attached hydrogen (secondary N) is 1. The number of rotatable bonds is 6. The maximum absolute atomic E-state index is 12.5. The average molecular weight is 404 g/mol. The number of hydrogen-bond acceptors (Lipinski definition) is 4. The number of carbonyl (C=O) groups excluding carboxylic acids is 1. The van der Waals surface area contributed by atoms with Crippen LogP contribution in [0.5, 0.6) is 0 Å². The Morgan fingerprint density at radius 2 is 1.90 bits per heavy atom. The van der Waals surface area contributed by atoms with Gasteiger partial charge in [-0.05, 0) is 51.9 Å². The second kappa shape index (κ2) is 10.7. The van der Waals surface area contributed by atoms with Crippen molar-refractivity contribution in [3.8, 4) is 0 Å². The second-order valence-electron chi connectivity index (χ2n) is 8.38. The molecular weight excluding hydrogens is 366 g/mol. The van der Waals surface area contributed by atoms with Crippen LogP contribution in [0.15, 0.2) is 27.8 Å².